The average Bonchev–Trinajstić information content (AvgIpc) is 2.74. The zero-order valence-corrected chi connectivity index (χ0v) is 16.0. The Balaban J connectivity index is 2.65. The van der Waals surface area contributed by atoms with E-state index < -0.39 is 23.0 Å². The molecule has 1 aliphatic heterocycles. The number of hydrogen-bond acceptors (Lipinski definition) is 5. The minimum absolute atomic E-state index is 0.488. The fraction of sp³-hybridized carbons (Fsp3) is 0.400. The van der Waals surface area contributed by atoms with Gasteiger partial charge in [-0.25, -0.2) is 9.59 Å². The van der Waals surface area contributed by atoms with E-state index in [0.717, 1.165) is 16.2 Å². The molecule has 139 valence electrons. The van der Waals surface area contributed by atoms with Crippen molar-refractivity contribution in [3.63, 3.8) is 0 Å². The molecule has 0 unspecified atom stereocenters. The van der Waals surface area contributed by atoms with Crippen molar-refractivity contribution in [2.45, 2.75) is 38.8 Å². The van der Waals surface area contributed by atoms with Crippen molar-refractivity contribution < 1.29 is 24.3 Å². The number of nitrogens with zero attached hydrogens (tertiary/aromatic N) is 1. The Morgan fingerprint density at radius 3 is 1.50 bits per heavy atom. The summed E-state index contributed by atoms with van der Waals surface area (Å²) in [5.74, 6) is -0.975. The van der Waals surface area contributed by atoms with Crippen LogP contribution in [0.2, 0.25) is 0 Å². The van der Waals surface area contributed by atoms with Gasteiger partial charge in [-0.15, -0.1) is 10.3 Å². The number of fused-ring (bicyclic) bond motifs is 1. The van der Waals surface area contributed by atoms with Crippen LogP contribution in [0.4, 0.5) is 0 Å². The lowest BCUT2D eigenvalue weighted by atomic mass is 9.86. The summed E-state index contributed by atoms with van der Waals surface area (Å²) in [6.07, 6.45) is 5.83. The number of methoxy groups -OCH3 is 2. The Kier molecular flexibility index (Phi) is 5.39. The number of carbonyl (C=O) groups excluding carboxylic acids is 2. The van der Waals surface area contributed by atoms with Gasteiger partial charge in [-0.2, -0.15) is 0 Å². The molecule has 0 amide bonds. The number of rotatable bonds is 4. The van der Waals surface area contributed by atoms with Gasteiger partial charge in [0.25, 0.3) is 0 Å². The number of hydroxylamine groups is 2. The summed E-state index contributed by atoms with van der Waals surface area (Å²) < 4.78 is 9.27. The zero-order chi connectivity index (χ0) is 19.7. The van der Waals surface area contributed by atoms with Crippen LogP contribution in [0.1, 0.15) is 49.9 Å². The Hall–Kier alpha value is -2.44. The van der Waals surface area contributed by atoms with Gasteiger partial charge in [-0.3, -0.25) is 0 Å². The predicted octanol–water partition coefficient (Wildman–Crippen LogP) is 3.19. The van der Waals surface area contributed by atoms with Gasteiger partial charge in [0.15, 0.2) is 0 Å². The third kappa shape index (κ3) is 3.43. The van der Waals surface area contributed by atoms with Crippen molar-refractivity contribution in [1.29, 1.82) is 0 Å². The summed E-state index contributed by atoms with van der Waals surface area (Å²) in [5.41, 5.74) is 1.76. The first kappa shape index (κ1) is 19.9. The minimum Gasteiger partial charge on any atom is -0.466 e. The highest BCUT2D eigenvalue weighted by atomic mass is 16.5. The second kappa shape index (κ2) is 7.05. The fourth-order valence-electron chi connectivity index (χ4n) is 3.30. The van der Waals surface area contributed by atoms with Crippen LogP contribution in [0.3, 0.4) is 0 Å². The summed E-state index contributed by atoms with van der Waals surface area (Å²) in [7, 11) is 2.60. The Bertz CT molecular complexity index is 725. The normalized spacial score (nSPS) is 18.3. The number of ether oxygens (including phenoxy) is 2. The van der Waals surface area contributed by atoms with E-state index in [1.807, 2.05) is 39.8 Å². The van der Waals surface area contributed by atoms with Crippen LogP contribution in [-0.4, -0.2) is 31.2 Å². The maximum atomic E-state index is 12.8. The Morgan fingerprint density at radius 1 is 0.846 bits per heavy atom. The van der Waals surface area contributed by atoms with Crippen LogP contribution in [0.5, 0.6) is 0 Å². The van der Waals surface area contributed by atoms with E-state index in [1.165, 1.54) is 26.4 Å². The highest BCUT2D eigenvalue weighted by molar-refractivity contribution is 5.90. The van der Waals surface area contributed by atoms with Gasteiger partial charge in [0, 0.05) is 12.2 Å². The van der Waals surface area contributed by atoms with Gasteiger partial charge in [0.1, 0.15) is 0 Å². The van der Waals surface area contributed by atoms with Crippen LogP contribution >= 0.6 is 0 Å². The molecule has 1 aliphatic rings. The maximum absolute atomic E-state index is 12.8. The molecule has 0 spiro atoms. The van der Waals surface area contributed by atoms with Crippen LogP contribution in [-0.2, 0) is 35.3 Å². The monoisotopic (exact) mass is 358 g/mol. The molecule has 0 aromatic heterocycles. The van der Waals surface area contributed by atoms with E-state index in [9.17, 15) is 14.8 Å². The van der Waals surface area contributed by atoms with Crippen molar-refractivity contribution in [2.24, 2.45) is 0 Å². The molecule has 1 heterocycles. The van der Waals surface area contributed by atoms with E-state index >= 15 is 0 Å². The van der Waals surface area contributed by atoms with E-state index in [-0.39, 0.29) is 0 Å². The van der Waals surface area contributed by atoms with Gasteiger partial charge in [0.05, 0.1) is 25.3 Å². The predicted molar refractivity (Wildman–Crippen MR) is 97.1 cm³/mol. The summed E-state index contributed by atoms with van der Waals surface area (Å²) in [6, 6.07) is 3.76. The molecule has 6 nitrogen and oxygen atoms in total. The molecule has 1 radical (unpaired) electrons. The number of carbonyl (C=O) groups is 2. The molecular weight excluding hydrogens is 334 g/mol. The van der Waals surface area contributed by atoms with Gasteiger partial charge >= 0.3 is 11.9 Å². The smallest absolute Gasteiger partial charge is 0.330 e. The molecule has 0 saturated heterocycles. The molecule has 0 aliphatic carbocycles. The second-order valence-corrected chi connectivity index (χ2v) is 7.15. The highest BCUT2D eigenvalue weighted by Crippen LogP contribution is 2.49. The largest absolute Gasteiger partial charge is 0.466 e. The third-order valence-electron chi connectivity index (χ3n) is 4.76. The summed E-state index contributed by atoms with van der Waals surface area (Å²) in [5, 5.41) is 13.9. The molecule has 0 fully saturated rings. The Morgan fingerprint density at radius 2 is 1.19 bits per heavy atom. The second-order valence-electron chi connectivity index (χ2n) is 7.15. The van der Waals surface area contributed by atoms with Crippen molar-refractivity contribution >= 4 is 24.1 Å². The molecule has 0 saturated carbocycles. The van der Waals surface area contributed by atoms with Gasteiger partial charge in [-0.1, -0.05) is 0 Å². The topological polar surface area (TPSA) is 75.7 Å². The quantitative estimate of drug-likeness (QED) is 0.610. The number of benzene rings is 1. The molecule has 0 N–H and O–H groups in total. The molecule has 0 atom stereocenters. The van der Waals surface area contributed by atoms with Crippen LogP contribution in [0, 0.1) is 0 Å². The lowest BCUT2D eigenvalue weighted by Crippen LogP contribution is -2.41. The average molecular weight is 358 g/mol. The van der Waals surface area contributed by atoms with Crippen molar-refractivity contribution in [1.82, 2.24) is 5.06 Å². The van der Waals surface area contributed by atoms with Crippen LogP contribution in [0.25, 0.3) is 12.2 Å². The third-order valence-corrected chi connectivity index (χ3v) is 4.76. The number of esters is 2. The summed E-state index contributed by atoms with van der Waals surface area (Å²) in [6.45, 7) is 7.47. The minimum atomic E-state index is -0.711. The van der Waals surface area contributed by atoms with Gasteiger partial charge in [-0.05, 0) is 74.2 Å². The first-order chi connectivity index (χ1) is 12.1. The molecule has 26 heavy (non-hydrogen) atoms. The molecule has 0 bridgehead atoms. The van der Waals surface area contributed by atoms with Crippen molar-refractivity contribution in [2.75, 3.05) is 14.2 Å². The van der Waals surface area contributed by atoms with Gasteiger partial charge < -0.3 is 9.47 Å². The molecule has 6 heteroatoms. The first-order valence-corrected chi connectivity index (χ1v) is 8.24. The van der Waals surface area contributed by atoms with E-state index in [2.05, 4.69) is 9.47 Å². The summed E-state index contributed by atoms with van der Waals surface area (Å²) >= 11 is 0. The fourth-order valence-corrected chi connectivity index (χ4v) is 3.30. The molecular formula is C20H24NO5. The highest BCUT2D eigenvalue weighted by Gasteiger charge is 2.50. The number of hydrogen-bond donors (Lipinski definition) is 0. The SMILES string of the molecule is COC(=O)/C=C/c1cc2c(cc1/C=C/C(=O)OC)C(C)(C)N([O])C2(C)C. The molecule has 1 aromatic rings. The van der Waals surface area contributed by atoms with Gasteiger partial charge in [0.2, 0.25) is 0 Å². The summed E-state index contributed by atoms with van der Waals surface area (Å²) in [4.78, 5) is 22.9. The molecule has 1 aromatic carbocycles. The van der Waals surface area contributed by atoms with Crippen LogP contribution < -0.4 is 0 Å². The Labute approximate surface area is 153 Å². The van der Waals surface area contributed by atoms with Crippen molar-refractivity contribution in [3.05, 3.63) is 46.5 Å². The van der Waals surface area contributed by atoms with E-state index in [4.69, 9.17) is 0 Å². The van der Waals surface area contributed by atoms with E-state index in [1.54, 1.807) is 12.2 Å². The lowest BCUT2D eigenvalue weighted by Gasteiger charge is -2.32. The first-order valence-electron chi connectivity index (χ1n) is 8.24. The standard InChI is InChI=1S/C20H24NO5/c1-19(2)15-11-13(7-9-17(22)25-5)14(8-10-18(23)26-6)12-16(15)20(3,4)21(19)24/h7-12H,1-6H3/b9-7+,10-8+. The zero-order valence-electron chi connectivity index (χ0n) is 16.0. The van der Waals surface area contributed by atoms with Crippen LogP contribution in [0.15, 0.2) is 24.3 Å². The maximum Gasteiger partial charge on any atom is 0.330 e. The van der Waals surface area contributed by atoms with E-state index in [0.29, 0.717) is 11.1 Å². The molecule has 2 rings (SSSR count). The lowest BCUT2D eigenvalue weighted by molar-refractivity contribution is -0.266. The van der Waals surface area contributed by atoms with Crippen molar-refractivity contribution in [3.8, 4) is 0 Å².